The molecule has 0 fully saturated rings. The molecule has 2 aromatic heterocycles. The molecule has 0 saturated carbocycles. The number of ether oxygens (including phenoxy) is 3. The van der Waals surface area contributed by atoms with Crippen LogP contribution in [0.3, 0.4) is 0 Å². The topological polar surface area (TPSA) is 68.3 Å². The monoisotopic (exact) mass is 496 g/mol. The highest BCUT2D eigenvalue weighted by Crippen LogP contribution is 2.27. The molecule has 184 valence electrons. The van der Waals surface area contributed by atoms with E-state index in [0.717, 1.165) is 47.2 Å². The van der Waals surface area contributed by atoms with Gasteiger partial charge in [-0.1, -0.05) is 13.8 Å². The van der Waals surface area contributed by atoms with Gasteiger partial charge in [-0.25, -0.2) is 0 Å². The van der Waals surface area contributed by atoms with Crippen LogP contribution in [0.15, 0.2) is 22.9 Å². The van der Waals surface area contributed by atoms with Crippen LogP contribution in [-0.2, 0) is 27.4 Å². The van der Waals surface area contributed by atoms with Crippen molar-refractivity contribution in [1.82, 2.24) is 9.80 Å². The fourth-order valence-corrected chi connectivity index (χ4v) is 4.91. The molecule has 2 heterocycles. The summed E-state index contributed by atoms with van der Waals surface area (Å²) < 4.78 is 17.4. The Morgan fingerprint density at radius 3 is 1.55 bits per heavy atom. The number of rotatable bonds is 16. The Balaban J connectivity index is 1.68. The Labute approximate surface area is 205 Å². The predicted molar refractivity (Wildman–Crippen MR) is 133 cm³/mol. The van der Waals surface area contributed by atoms with Crippen LogP contribution in [0.2, 0.25) is 0 Å². The molecule has 0 aliphatic heterocycles. The summed E-state index contributed by atoms with van der Waals surface area (Å²) in [5.41, 5.74) is 0. The Bertz CT molecular complexity index is 783. The lowest BCUT2D eigenvalue weighted by Gasteiger charge is -2.20. The van der Waals surface area contributed by atoms with E-state index < -0.39 is 0 Å². The highest BCUT2D eigenvalue weighted by molar-refractivity contribution is 7.10. The lowest BCUT2D eigenvalue weighted by Crippen LogP contribution is -2.28. The number of carbonyl (C=O) groups is 2. The predicted octanol–water partition coefficient (Wildman–Crippen LogP) is 4.80. The fraction of sp³-hybridized carbons (Fsp3) is 0.583. The first-order valence-corrected chi connectivity index (χ1v) is 13.2. The summed E-state index contributed by atoms with van der Waals surface area (Å²) >= 11 is 3.20. The third-order valence-electron chi connectivity index (χ3n) is 4.93. The number of hydrogen-bond acceptors (Lipinski definition) is 7. The lowest BCUT2D eigenvalue weighted by molar-refractivity contribution is -0.130. The summed E-state index contributed by atoms with van der Waals surface area (Å²) in [5.74, 6) is 1.78. The van der Waals surface area contributed by atoms with Gasteiger partial charge in [0, 0.05) is 26.9 Å². The van der Waals surface area contributed by atoms with Crippen LogP contribution in [-0.4, -0.2) is 61.1 Å². The zero-order chi connectivity index (χ0) is 24.1. The Hall–Kier alpha value is -2.10. The van der Waals surface area contributed by atoms with Gasteiger partial charge in [0.25, 0.3) is 0 Å². The third kappa shape index (κ3) is 9.35. The minimum Gasteiger partial charge on any atom is -0.490 e. The van der Waals surface area contributed by atoms with Crippen molar-refractivity contribution in [2.45, 2.75) is 53.6 Å². The van der Waals surface area contributed by atoms with Crippen molar-refractivity contribution in [2.24, 2.45) is 0 Å². The summed E-state index contributed by atoms with van der Waals surface area (Å²) in [6.07, 6.45) is 1.86. The van der Waals surface area contributed by atoms with Crippen LogP contribution < -0.4 is 9.47 Å². The molecule has 0 saturated heterocycles. The summed E-state index contributed by atoms with van der Waals surface area (Å²) in [6.45, 7) is 11.7. The molecule has 0 unspecified atom stereocenters. The average Bonchev–Trinajstić information content (AvgIpc) is 3.41. The molecule has 0 bridgehead atoms. The van der Waals surface area contributed by atoms with Gasteiger partial charge in [0.05, 0.1) is 36.1 Å². The summed E-state index contributed by atoms with van der Waals surface area (Å²) in [4.78, 5) is 29.4. The minimum atomic E-state index is 0.0766. The summed E-state index contributed by atoms with van der Waals surface area (Å²) in [7, 11) is 0. The van der Waals surface area contributed by atoms with E-state index in [1.165, 1.54) is 0 Å². The zero-order valence-corrected chi connectivity index (χ0v) is 21.8. The van der Waals surface area contributed by atoms with Gasteiger partial charge in [0.2, 0.25) is 11.8 Å². The standard InChI is InChI=1S/C24H36N2O5S2/c1-5-9-25(19(3)27)17-23-21(7-15-32-23)30-13-11-29-12-14-31-22-8-16-33-24(22)18-26(10-6-2)20(4)28/h7-8,15-16H,5-6,9-14,17-18H2,1-4H3. The van der Waals surface area contributed by atoms with E-state index in [9.17, 15) is 9.59 Å². The number of thiophene rings is 2. The van der Waals surface area contributed by atoms with Crippen molar-refractivity contribution < 1.29 is 23.8 Å². The normalized spacial score (nSPS) is 10.8. The molecule has 0 atom stereocenters. The van der Waals surface area contributed by atoms with Crippen LogP contribution in [0.4, 0.5) is 0 Å². The van der Waals surface area contributed by atoms with E-state index >= 15 is 0 Å². The van der Waals surface area contributed by atoms with Crippen LogP contribution in [0.25, 0.3) is 0 Å². The van der Waals surface area contributed by atoms with Crippen LogP contribution in [0.5, 0.6) is 11.5 Å². The summed E-state index contributed by atoms with van der Waals surface area (Å²) in [6, 6.07) is 3.88. The largest absolute Gasteiger partial charge is 0.490 e. The first-order valence-electron chi connectivity index (χ1n) is 11.4. The first-order chi connectivity index (χ1) is 16.0. The highest BCUT2D eigenvalue weighted by Gasteiger charge is 2.14. The van der Waals surface area contributed by atoms with Gasteiger partial charge in [0.15, 0.2) is 0 Å². The summed E-state index contributed by atoms with van der Waals surface area (Å²) in [5, 5.41) is 3.96. The number of carbonyl (C=O) groups excluding carboxylic acids is 2. The highest BCUT2D eigenvalue weighted by atomic mass is 32.1. The number of hydrogen-bond donors (Lipinski definition) is 0. The fourth-order valence-electron chi connectivity index (χ4n) is 3.25. The number of amides is 2. The van der Waals surface area contributed by atoms with E-state index in [4.69, 9.17) is 14.2 Å². The van der Waals surface area contributed by atoms with Crippen LogP contribution >= 0.6 is 22.7 Å². The molecular weight excluding hydrogens is 460 g/mol. The Morgan fingerprint density at radius 2 is 1.18 bits per heavy atom. The van der Waals surface area contributed by atoms with Gasteiger partial charge in [-0.05, 0) is 35.7 Å². The second kappa shape index (κ2) is 14.9. The SMILES string of the molecule is CCCN(Cc1sccc1OCCOCCOc1ccsc1CN(CCC)C(C)=O)C(C)=O. The molecule has 0 radical (unpaired) electrons. The molecule has 2 amide bonds. The molecule has 0 aliphatic rings. The van der Waals surface area contributed by atoms with Crippen LogP contribution in [0.1, 0.15) is 50.3 Å². The first kappa shape index (κ1) is 27.1. The molecule has 2 rings (SSSR count). The molecule has 33 heavy (non-hydrogen) atoms. The van der Waals surface area contributed by atoms with Crippen molar-refractivity contribution in [2.75, 3.05) is 39.5 Å². The van der Waals surface area contributed by atoms with Crippen molar-refractivity contribution in [3.8, 4) is 11.5 Å². The Kier molecular flexibility index (Phi) is 12.3. The van der Waals surface area contributed by atoms with Gasteiger partial charge < -0.3 is 24.0 Å². The quantitative estimate of drug-likeness (QED) is 0.312. The van der Waals surface area contributed by atoms with Gasteiger partial charge >= 0.3 is 0 Å². The molecule has 0 spiro atoms. The lowest BCUT2D eigenvalue weighted by atomic mass is 10.3. The van der Waals surface area contributed by atoms with Crippen molar-refractivity contribution in [3.63, 3.8) is 0 Å². The maximum Gasteiger partial charge on any atom is 0.219 e. The molecule has 0 N–H and O–H groups in total. The smallest absolute Gasteiger partial charge is 0.219 e. The molecule has 2 aromatic rings. The molecule has 7 nitrogen and oxygen atoms in total. The molecule has 0 aliphatic carbocycles. The average molecular weight is 497 g/mol. The van der Waals surface area contributed by atoms with E-state index in [1.54, 1.807) is 36.5 Å². The van der Waals surface area contributed by atoms with Crippen molar-refractivity contribution in [3.05, 3.63) is 32.6 Å². The van der Waals surface area contributed by atoms with Crippen LogP contribution in [0, 0.1) is 0 Å². The van der Waals surface area contributed by atoms with E-state index in [2.05, 4.69) is 13.8 Å². The molecular formula is C24H36N2O5S2. The van der Waals surface area contributed by atoms with Gasteiger partial charge in [0.1, 0.15) is 24.7 Å². The third-order valence-corrected chi connectivity index (χ3v) is 6.70. The van der Waals surface area contributed by atoms with Crippen molar-refractivity contribution in [1.29, 1.82) is 0 Å². The maximum absolute atomic E-state index is 11.8. The minimum absolute atomic E-state index is 0.0766. The van der Waals surface area contributed by atoms with Gasteiger partial charge in [-0.15, -0.1) is 22.7 Å². The second-order valence-corrected chi connectivity index (χ2v) is 9.61. The van der Waals surface area contributed by atoms with Gasteiger partial charge in [-0.2, -0.15) is 0 Å². The van der Waals surface area contributed by atoms with E-state index in [0.29, 0.717) is 39.5 Å². The van der Waals surface area contributed by atoms with E-state index in [1.807, 2.05) is 32.7 Å². The zero-order valence-electron chi connectivity index (χ0n) is 20.1. The maximum atomic E-state index is 11.8. The molecule has 0 aromatic carbocycles. The van der Waals surface area contributed by atoms with Crippen molar-refractivity contribution >= 4 is 34.5 Å². The Morgan fingerprint density at radius 1 is 0.758 bits per heavy atom. The number of nitrogens with zero attached hydrogens (tertiary/aromatic N) is 2. The van der Waals surface area contributed by atoms with Gasteiger partial charge in [-0.3, -0.25) is 9.59 Å². The van der Waals surface area contributed by atoms with E-state index in [-0.39, 0.29) is 11.8 Å². The molecule has 9 heteroatoms. The second-order valence-electron chi connectivity index (χ2n) is 7.61.